The van der Waals surface area contributed by atoms with Gasteiger partial charge in [0.2, 0.25) is 0 Å². The topological polar surface area (TPSA) is 23.5 Å². The first-order valence-electron chi connectivity index (χ1n) is 3.80. The van der Waals surface area contributed by atoms with E-state index in [1.807, 2.05) is 21.0 Å². The van der Waals surface area contributed by atoms with Crippen molar-refractivity contribution in [3.05, 3.63) is 0 Å². The zero-order valence-corrected chi connectivity index (χ0v) is 7.68. The summed E-state index contributed by atoms with van der Waals surface area (Å²) in [5, 5.41) is 9.40. The van der Waals surface area contributed by atoms with Crippen LogP contribution in [0, 0.1) is 0 Å². The number of hydrogen-bond donors (Lipinski definition) is 1. The Kier molecular flexibility index (Phi) is 3.33. The summed E-state index contributed by atoms with van der Waals surface area (Å²) in [6, 6.07) is 0. The van der Waals surface area contributed by atoms with Crippen LogP contribution in [0.15, 0.2) is 0 Å². The maximum atomic E-state index is 9.40. The molecule has 0 rings (SSSR count). The molecule has 0 aromatic heterocycles. The maximum absolute atomic E-state index is 9.40. The highest BCUT2D eigenvalue weighted by molar-refractivity contribution is 4.86. The third-order valence-corrected chi connectivity index (χ3v) is 2.64. The van der Waals surface area contributed by atoms with E-state index in [0.717, 1.165) is 6.42 Å². The molecule has 62 valence electrons. The lowest BCUT2D eigenvalue weighted by Crippen LogP contribution is -2.49. The summed E-state index contributed by atoms with van der Waals surface area (Å²) < 4.78 is 0. The van der Waals surface area contributed by atoms with Gasteiger partial charge in [-0.3, -0.25) is 0 Å². The Morgan fingerprint density at radius 2 is 1.90 bits per heavy atom. The molecule has 2 nitrogen and oxygen atoms in total. The van der Waals surface area contributed by atoms with Crippen molar-refractivity contribution in [3.63, 3.8) is 0 Å². The molecule has 0 aliphatic heterocycles. The van der Waals surface area contributed by atoms with Crippen LogP contribution in [0.5, 0.6) is 0 Å². The highest BCUT2D eigenvalue weighted by atomic mass is 16.3. The molecule has 0 aliphatic carbocycles. The molecule has 0 aromatic rings. The molecule has 0 amide bonds. The molecule has 0 saturated carbocycles. The van der Waals surface area contributed by atoms with E-state index in [2.05, 4.69) is 18.7 Å². The molecular formula is C8H19NO. The lowest BCUT2D eigenvalue weighted by Gasteiger charge is -2.38. The second-order valence-corrected chi connectivity index (χ2v) is 3.28. The van der Waals surface area contributed by atoms with Crippen molar-refractivity contribution in [2.45, 2.75) is 38.8 Å². The van der Waals surface area contributed by atoms with Crippen LogP contribution in [0.3, 0.4) is 0 Å². The minimum absolute atomic E-state index is 0.0694. The molecule has 0 radical (unpaired) electrons. The average Bonchev–Trinajstić information content (AvgIpc) is 1.85. The number of aliphatic hydroxyl groups excluding tert-OH is 1. The fourth-order valence-electron chi connectivity index (χ4n) is 0.985. The zero-order chi connectivity index (χ0) is 8.36. The van der Waals surface area contributed by atoms with Crippen LogP contribution in [-0.4, -0.2) is 35.7 Å². The first-order chi connectivity index (χ1) is 4.45. The highest BCUT2D eigenvalue weighted by Gasteiger charge is 2.29. The van der Waals surface area contributed by atoms with E-state index < -0.39 is 0 Å². The van der Waals surface area contributed by atoms with Crippen molar-refractivity contribution in [3.8, 4) is 0 Å². The molecule has 0 aliphatic rings. The zero-order valence-electron chi connectivity index (χ0n) is 7.68. The molecule has 0 heterocycles. The van der Waals surface area contributed by atoms with Crippen molar-refractivity contribution in [2.75, 3.05) is 14.1 Å². The standard InChI is InChI=1S/C8H19NO/c1-6-8(3,7(2)10)9(4)5/h7,10H,6H2,1-5H3. The fraction of sp³-hybridized carbons (Fsp3) is 1.00. The first-order valence-corrected chi connectivity index (χ1v) is 3.80. The Labute approximate surface area is 63.8 Å². The predicted molar refractivity (Wildman–Crippen MR) is 44.1 cm³/mol. The molecule has 0 fully saturated rings. The molecule has 2 heteroatoms. The van der Waals surface area contributed by atoms with Gasteiger partial charge in [0.05, 0.1) is 6.10 Å². The van der Waals surface area contributed by atoms with Crippen LogP contribution in [0.2, 0.25) is 0 Å². The van der Waals surface area contributed by atoms with Gasteiger partial charge >= 0.3 is 0 Å². The number of rotatable bonds is 3. The highest BCUT2D eigenvalue weighted by Crippen LogP contribution is 2.19. The summed E-state index contributed by atoms with van der Waals surface area (Å²) in [6.45, 7) is 5.99. The summed E-state index contributed by atoms with van der Waals surface area (Å²) in [5.74, 6) is 0. The summed E-state index contributed by atoms with van der Waals surface area (Å²) in [7, 11) is 3.99. The average molecular weight is 145 g/mol. The second-order valence-electron chi connectivity index (χ2n) is 3.28. The Morgan fingerprint density at radius 3 is 1.90 bits per heavy atom. The fourth-order valence-corrected chi connectivity index (χ4v) is 0.985. The van der Waals surface area contributed by atoms with Gasteiger partial charge < -0.3 is 10.0 Å². The van der Waals surface area contributed by atoms with E-state index in [1.165, 1.54) is 0 Å². The van der Waals surface area contributed by atoms with E-state index in [1.54, 1.807) is 0 Å². The SMILES string of the molecule is CCC(C)(C(C)O)N(C)C. The van der Waals surface area contributed by atoms with Crippen molar-refractivity contribution < 1.29 is 5.11 Å². The normalized spacial score (nSPS) is 20.7. The Balaban J connectivity index is 4.23. The maximum Gasteiger partial charge on any atom is 0.0692 e. The third-order valence-electron chi connectivity index (χ3n) is 2.64. The molecule has 2 unspecified atom stereocenters. The molecule has 10 heavy (non-hydrogen) atoms. The Morgan fingerprint density at radius 1 is 1.50 bits per heavy atom. The second kappa shape index (κ2) is 3.35. The number of likely N-dealkylation sites (N-methyl/N-ethyl adjacent to an activating group) is 1. The minimum atomic E-state index is -0.271. The molecule has 0 spiro atoms. The van der Waals surface area contributed by atoms with Gasteiger partial charge in [-0.05, 0) is 34.4 Å². The van der Waals surface area contributed by atoms with E-state index in [0.29, 0.717) is 0 Å². The van der Waals surface area contributed by atoms with Crippen LogP contribution in [0.1, 0.15) is 27.2 Å². The van der Waals surface area contributed by atoms with Crippen molar-refractivity contribution in [1.82, 2.24) is 4.90 Å². The number of hydrogen-bond acceptors (Lipinski definition) is 2. The summed E-state index contributed by atoms with van der Waals surface area (Å²) in [5.41, 5.74) is -0.0694. The smallest absolute Gasteiger partial charge is 0.0692 e. The van der Waals surface area contributed by atoms with Gasteiger partial charge in [-0.25, -0.2) is 0 Å². The quantitative estimate of drug-likeness (QED) is 0.642. The number of nitrogens with zero attached hydrogens (tertiary/aromatic N) is 1. The van der Waals surface area contributed by atoms with Crippen molar-refractivity contribution >= 4 is 0 Å². The lowest BCUT2D eigenvalue weighted by molar-refractivity contribution is 0.0145. The van der Waals surface area contributed by atoms with E-state index in [9.17, 15) is 5.11 Å². The molecule has 0 saturated heterocycles. The van der Waals surface area contributed by atoms with Crippen LogP contribution in [-0.2, 0) is 0 Å². The first kappa shape index (κ1) is 9.92. The van der Waals surface area contributed by atoms with E-state index in [-0.39, 0.29) is 11.6 Å². The molecular weight excluding hydrogens is 126 g/mol. The molecule has 0 aromatic carbocycles. The van der Waals surface area contributed by atoms with Gasteiger partial charge in [-0.15, -0.1) is 0 Å². The van der Waals surface area contributed by atoms with Gasteiger partial charge in [0, 0.05) is 5.54 Å². The molecule has 1 N–H and O–H groups in total. The van der Waals surface area contributed by atoms with Crippen molar-refractivity contribution in [1.29, 1.82) is 0 Å². The van der Waals surface area contributed by atoms with E-state index in [4.69, 9.17) is 0 Å². The predicted octanol–water partition coefficient (Wildman–Crippen LogP) is 1.10. The van der Waals surface area contributed by atoms with Gasteiger partial charge in [-0.1, -0.05) is 6.92 Å². The lowest BCUT2D eigenvalue weighted by atomic mass is 9.91. The van der Waals surface area contributed by atoms with Crippen LogP contribution in [0.25, 0.3) is 0 Å². The number of aliphatic hydroxyl groups is 1. The van der Waals surface area contributed by atoms with E-state index >= 15 is 0 Å². The molecule has 2 atom stereocenters. The van der Waals surface area contributed by atoms with Crippen LogP contribution < -0.4 is 0 Å². The largest absolute Gasteiger partial charge is 0.391 e. The minimum Gasteiger partial charge on any atom is -0.391 e. The van der Waals surface area contributed by atoms with Crippen molar-refractivity contribution in [2.24, 2.45) is 0 Å². The van der Waals surface area contributed by atoms with Gasteiger partial charge in [0.25, 0.3) is 0 Å². The summed E-state index contributed by atoms with van der Waals surface area (Å²) >= 11 is 0. The van der Waals surface area contributed by atoms with Gasteiger partial charge in [-0.2, -0.15) is 0 Å². The third kappa shape index (κ3) is 1.70. The van der Waals surface area contributed by atoms with Crippen LogP contribution in [0.4, 0.5) is 0 Å². The Bertz CT molecular complexity index is 91.4. The summed E-state index contributed by atoms with van der Waals surface area (Å²) in [6.07, 6.45) is 0.699. The summed E-state index contributed by atoms with van der Waals surface area (Å²) in [4.78, 5) is 2.07. The van der Waals surface area contributed by atoms with Gasteiger partial charge in [0.15, 0.2) is 0 Å². The Hall–Kier alpha value is -0.0800. The molecule has 0 bridgehead atoms. The monoisotopic (exact) mass is 145 g/mol. The van der Waals surface area contributed by atoms with Crippen LogP contribution >= 0.6 is 0 Å². The van der Waals surface area contributed by atoms with Gasteiger partial charge in [0.1, 0.15) is 0 Å².